The molecule has 0 spiro atoms. The first kappa shape index (κ1) is 12.3. The quantitative estimate of drug-likeness (QED) is 0.621. The number of aryl methyl sites for hydroxylation is 1. The van der Waals surface area contributed by atoms with Gasteiger partial charge in [0.15, 0.2) is 5.65 Å². The standard InChI is InChI=1S/C12H16N4O2/c1-8-6-11(10-7-14-16-12(10)15-8)13-4-3-5-18-9(2)17/h6-7H,3-5H2,1-2H3,(H2,13,14,15,16). The van der Waals surface area contributed by atoms with Crippen molar-refractivity contribution in [1.29, 1.82) is 0 Å². The highest BCUT2D eigenvalue weighted by Crippen LogP contribution is 2.20. The Hall–Kier alpha value is -2.11. The molecule has 0 bridgehead atoms. The van der Waals surface area contributed by atoms with E-state index in [0.29, 0.717) is 6.61 Å². The van der Waals surface area contributed by atoms with Crippen molar-refractivity contribution in [2.75, 3.05) is 18.5 Å². The number of H-pyrrole nitrogens is 1. The second-order valence-corrected chi connectivity index (χ2v) is 4.06. The normalized spacial score (nSPS) is 10.6. The maximum absolute atomic E-state index is 10.6. The molecule has 0 atom stereocenters. The Morgan fingerprint density at radius 3 is 3.17 bits per heavy atom. The van der Waals surface area contributed by atoms with Gasteiger partial charge in [0.05, 0.1) is 18.2 Å². The average molecular weight is 248 g/mol. The van der Waals surface area contributed by atoms with E-state index in [-0.39, 0.29) is 5.97 Å². The van der Waals surface area contributed by atoms with Crippen molar-refractivity contribution in [3.05, 3.63) is 18.0 Å². The summed E-state index contributed by atoms with van der Waals surface area (Å²) in [5, 5.41) is 11.1. The first-order valence-electron chi connectivity index (χ1n) is 5.85. The lowest BCUT2D eigenvalue weighted by molar-refractivity contribution is -0.140. The minimum Gasteiger partial charge on any atom is -0.466 e. The molecule has 0 radical (unpaired) electrons. The number of esters is 1. The predicted octanol–water partition coefficient (Wildman–Crippen LogP) is 1.63. The number of fused-ring (bicyclic) bond motifs is 1. The van der Waals surface area contributed by atoms with Crippen LogP contribution in [-0.4, -0.2) is 34.3 Å². The average Bonchev–Trinajstić information content (AvgIpc) is 2.75. The first-order chi connectivity index (χ1) is 8.66. The van der Waals surface area contributed by atoms with Crippen molar-refractivity contribution in [1.82, 2.24) is 15.2 Å². The van der Waals surface area contributed by atoms with Crippen LogP contribution in [0.5, 0.6) is 0 Å². The monoisotopic (exact) mass is 248 g/mol. The molecule has 0 aliphatic heterocycles. The van der Waals surface area contributed by atoms with E-state index in [1.54, 1.807) is 6.20 Å². The summed E-state index contributed by atoms with van der Waals surface area (Å²) < 4.78 is 4.87. The van der Waals surface area contributed by atoms with Gasteiger partial charge in [-0.3, -0.25) is 9.89 Å². The number of anilines is 1. The van der Waals surface area contributed by atoms with Crippen LogP contribution in [0, 0.1) is 6.92 Å². The van der Waals surface area contributed by atoms with Gasteiger partial charge < -0.3 is 10.1 Å². The summed E-state index contributed by atoms with van der Waals surface area (Å²) in [7, 11) is 0. The van der Waals surface area contributed by atoms with Crippen LogP contribution in [0.15, 0.2) is 12.3 Å². The summed E-state index contributed by atoms with van der Waals surface area (Å²) in [5.74, 6) is -0.244. The molecule has 0 saturated heterocycles. The molecule has 0 fully saturated rings. The van der Waals surface area contributed by atoms with E-state index in [1.807, 2.05) is 13.0 Å². The molecule has 2 heterocycles. The smallest absolute Gasteiger partial charge is 0.302 e. The van der Waals surface area contributed by atoms with Crippen LogP contribution in [0.2, 0.25) is 0 Å². The van der Waals surface area contributed by atoms with Crippen LogP contribution >= 0.6 is 0 Å². The molecule has 2 aromatic rings. The molecule has 0 aromatic carbocycles. The number of hydrogen-bond donors (Lipinski definition) is 2. The second kappa shape index (κ2) is 5.48. The third-order valence-corrected chi connectivity index (χ3v) is 2.49. The van der Waals surface area contributed by atoms with Crippen LogP contribution in [0.4, 0.5) is 5.69 Å². The van der Waals surface area contributed by atoms with Crippen LogP contribution in [0.25, 0.3) is 11.0 Å². The molecule has 2 N–H and O–H groups in total. The number of nitrogens with one attached hydrogen (secondary N) is 2. The number of rotatable bonds is 5. The maximum Gasteiger partial charge on any atom is 0.302 e. The van der Waals surface area contributed by atoms with Gasteiger partial charge in [0, 0.05) is 24.8 Å². The van der Waals surface area contributed by atoms with Gasteiger partial charge in [0.2, 0.25) is 0 Å². The fourth-order valence-electron chi connectivity index (χ4n) is 1.71. The molecule has 0 unspecified atom stereocenters. The lowest BCUT2D eigenvalue weighted by Gasteiger charge is -2.08. The van der Waals surface area contributed by atoms with Crippen LogP contribution < -0.4 is 5.32 Å². The van der Waals surface area contributed by atoms with Crippen LogP contribution in [-0.2, 0) is 9.53 Å². The molecule has 2 aromatic heterocycles. The SMILES string of the molecule is CC(=O)OCCCNc1cc(C)nc2[nH]ncc12. The number of nitrogens with zero attached hydrogens (tertiary/aromatic N) is 2. The maximum atomic E-state index is 10.6. The highest BCUT2D eigenvalue weighted by atomic mass is 16.5. The topological polar surface area (TPSA) is 79.9 Å². The lowest BCUT2D eigenvalue weighted by atomic mass is 10.2. The molecule has 0 aliphatic carbocycles. The molecule has 18 heavy (non-hydrogen) atoms. The molecule has 0 amide bonds. The molecule has 0 aliphatic rings. The van der Waals surface area contributed by atoms with Crippen molar-refractivity contribution in [3.63, 3.8) is 0 Å². The van der Waals surface area contributed by atoms with Crippen molar-refractivity contribution >= 4 is 22.7 Å². The van der Waals surface area contributed by atoms with E-state index in [1.165, 1.54) is 6.92 Å². The molecule has 6 nitrogen and oxygen atoms in total. The van der Waals surface area contributed by atoms with Crippen molar-refractivity contribution in [2.45, 2.75) is 20.3 Å². The zero-order valence-electron chi connectivity index (χ0n) is 10.5. The number of carbonyl (C=O) groups excluding carboxylic acids is 1. The van der Waals surface area contributed by atoms with E-state index < -0.39 is 0 Å². The Morgan fingerprint density at radius 1 is 1.56 bits per heavy atom. The van der Waals surface area contributed by atoms with Gasteiger partial charge in [-0.2, -0.15) is 5.10 Å². The Bertz CT molecular complexity index is 550. The fraction of sp³-hybridized carbons (Fsp3) is 0.417. The van der Waals surface area contributed by atoms with Gasteiger partial charge in [-0.15, -0.1) is 0 Å². The summed E-state index contributed by atoms with van der Waals surface area (Å²) in [4.78, 5) is 14.9. The number of hydrogen-bond acceptors (Lipinski definition) is 5. The Labute approximate surface area is 105 Å². The van der Waals surface area contributed by atoms with Crippen molar-refractivity contribution in [2.24, 2.45) is 0 Å². The predicted molar refractivity (Wildman–Crippen MR) is 68.4 cm³/mol. The van der Waals surface area contributed by atoms with Gasteiger partial charge >= 0.3 is 5.97 Å². The van der Waals surface area contributed by atoms with Crippen molar-refractivity contribution < 1.29 is 9.53 Å². The van der Waals surface area contributed by atoms with E-state index in [4.69, 9.17) is 4.74 Å². The third-order valence-electron chi connectivity index (χ3n) is 2.49. The number of ether oxygens (including phenoxy) is 1. The minimum atomic E-state index is -0.244. The second-order valence-electron chi connectivity index (χ2n) is 4.06. The summed E-state index contributed by atoms with van der Waals surface area (Å²) in [5.41, 5.74) is 2.70. The summed E-state index contributed by atoms with van der Waals surface area (Å²) >= 11 is 0. The third kappa shape index (κ3) is 2.97. The molecular formula is C12H16N4O2. The van der Waals surface area contributed by atoms with E-state index in [9.17, 15) is 4.79 Å². The van der Waals surface area contributed by atoms with Crippen LogP contribution in [0.3, 0.4) is 0 Å². The van der Waals surface area contributed by atoms with E-state index in [2.05, 4.69) is 20.5 Å². The first-order valence-corrected chi connectivity index (χ1v) is 5.85. The molecule has 2 rings (SSSR count). The van der Waals surface area contributed by atoms with E-state index in [0.717, 1.165) is 35.4 Å². The Balaban J connectivity index is 1.94. The largest absolute Gasteiger partial charge is 0.466 e. The molecule has 6 heteroatoms. The molecule has 0 saturated carbocycles. The van der Waals surface area contributed by atoms with Gasteiger partial charge in [-0.05, 0) is 19.4 Å². The molecule has 96 valence electrons. The highest BCUT2D eigenvalue weighted by molar-refractivity contribution is 5.88. The van der Waals surface area contributed by atoms with E-state index >= 15 is 0 Å². The molecular weight excluding hydrogens is 232 g/mol. The van der Waals surface area contributed by atoms with Crippen molar-refractivity contribution in [3.8, 4) is 0 Å². The van der Waals surface area contributed by atoms with Gasteiger partial charge in [-0.25, -0.2) is 4.98 Å². The summed E-state index contributed by atoms with van der Waals surface area (Å²) in [6, 6.07) is 1.98. The Morgan fingerprint density at radius 2 is 2.39 bits per heavy atom. The number of aromatic nitrogens is 3. The zero-order valence-corrected chi connectivity index (χ0v) is 10.5. The highest BCUT2D eigenvalue weighted by Gasteiger charge is 2.05. The number of aromatic amines is 1. The Kier molecular flexibility index (Phi) is 3.76. The summed E-state index contributed by atoms with van der Waals surface area (Å²) in [6.07, 6.45) is 2.51. The summed E-state index contributed by atoms with van der Waals surface area (Å²) in [6.45, 7) is 4.51. The van der Waals surface area contributed by atoms with Gasteiger partial charge in [0.25, 0.3) is 0 Å². The fourth-order valence-corrected chi connectivity index (χ4v) is 1.71. The number of pyridine rings is 1. The van der Waals surface area contributed by atoms with Crippen LogP contribution in [0.1, 0.15) is 19.0 Å². The zero-order chi connectivity index (χ0) is 13.0. The van der Waals surface area contributed by atoms with Gasteiger partial charge in [-0.1, -0.05) is 0 Å². The number of carbonyl (C=O) groups is 1. The van der Waals surface area contributed by atoms with Gasteiger partial charge in [0.1, 0.15) is 0 Å². The lowest BCUT2D eigenvalue weighted by Crippen LogP contribution is -2.08. The minimum absolute atomic E-state index is 0.244.